The normalized spacial score (nSPS) is 16.3. The monoisotopic (exact) mass is 249 g/mol. The van der Waals surface area contributed by atoms with Gasteiger partial charge < -0.3 is 15.2 Å². The van der Waals surface area contributed by atoms with Crippen LogP contribution >= 0.6 is 0 Å². The van der Waals surface area contributed by atoms with Gasteiger partial charge in [0.1, 0.15) is 0 Å². The van der Waals surface area contributed by atoms with Gasteiger partial charge in [-0.1, -0.05) is 19.1 Å². The molecule has 1 fully saturated rings. The molecule has 2 N–H and O–H groups in total. The van der Waals surface area contributed by atoms with Crippen molar-refractivity contribution in [1.29, 1.82) is 0 Å². The van der Waals surface area contributed by atoms with Crippen LogP contribution in [0.5, 0.6) is 11.5 Å². The van der Waals surface area contributed by atoms with E-state index < -0.39 is 0 Å². The first kappa shape index (κ1) is 13.2. The van der Waals surface area contributed by atoms with E-state index in [1.165, 1.54) is 12.8 Å². The second kappa shape index (κ2) is 6.10. The van der Waals surface area contributed by atoms with Crippen molar-refractivity contribution in [1.82, 2.24) is 0 Å². The summed E-state index contributed by atoms with van der Waals surface area (Å²) in [5.74, 6) is 1.71. The van der Waals surface area contributed by atoms with Gasteiger partial charge in [0, 0.05) is 5.41 Å². The smallest absolute Gasteiger partial charge is 0.161 e. The molecule has 0 amide bonds. The lowest BCUT2D eigenvalue weighted by molar-refractivity contribution is 0.212. The Bertz CT molecular complexity index is 375. The summed E-state index contributed by atoms with van der Waals surface area (Å²) >= 11 is 0. The van der Waals surface area contributed by atoms with E-state index in [-0.39, 0.29) is 0 Å². The summed E-state index contributed by atoms with van der Waals surface area (Å²) in [6.45, 7) is 4.34. The van der Waals surface area contributed by atoms with Crippen LogP contribution in [0.1, 0.15) is 32.6 Å². The molecule has 0 spiro atoms. The van der Waals surface area contributed by atoms with Gasteiger partial charge in [0.15, 0.2) is 11.5 Å². The van der Waals surface area contributed by atoms with Crippen molar-refractivity contribution in [3.63, 3.8) is 0 Å². The lowest BCUT2D eigenvalue weighted by Crippen LogP contribution is -2.17. The van der Waals surface area contributed by atoms with Gasteiger partial charge in [-0.15, -0.1) is 0 Å². The van der Waals surface area contributed by atoms with Crippen molar-refractivity contribution in [2.24, 2.45) is 11.1 Å². The maximum Gasteiger partial charge on any atom is 0.161 e. The van der Waals surface area contributed by atoms with E-state index in [4.69, 9.17) is 15.2 Å². The number of para-hydroxylation sites is 2. The number of nitrogens with two attached hydrogens (primary N) is 1. The van der Waals surface area contributed by atoms with Crippen LogP contribution in [0.3, 0.4) is 0 Å². The number of hydrogen-bond donors (Lipinski definition) is 1. The Kier molecular flexibility index (Phi) is 4.48. The summed E-state index contributed by atoms with van der Waals surface area (Å²) in [7, 11) is 0. The summed E-state index contributed by atoms with van der Waals surface area (Å²) < 4.78 is 11.6. The number of hydrogen-bond acceptors (Lipinski definition) is 3. The van der Waals surface area contributed by atoms with E-state index in [1.54, 1.807) is 0 Å². The molecule has 1 aromatic carbocycles. The SMILES string of the molecule is CCCOc1ccccc1OCC1(CCN)CC1. The largest absolute Gasteiger partial charge is 0.490 e. The van der Waals surface area contributed by atoms with Gasteiger partial charge in [-0.2, -0.15) is 0 Å². The van der Waals surface area contributed by atoms with Crippen LogP contribution in [-0.2, 0) is 0 Å². The molecule has 0 radical (unpaired) electrons. The van der Waals surface area contributed by atoms with Crippen molar-refractivity contribution in [2.45, 2.75) is 32.6 Å². The third-order valence-electron chi connectivity index (χ3n) is 3.48. The van der Waals surface area contributed by atoms with E-state index in [2.05, 4.69) is 6.92 Å². The second-order valence-corrected chi connectivity index (χ2v) is 5.12. The zero-order valence-corrected chi connectivity index (χ0v) is 11.2. The van der Waals surface area contributed by atoms with Crippen LogP contribution in [0.25, 0.3) is 0 Å². The third-order valence-corrected chi connectivity index (χ3v) is 3.48. The van der Waals surface area contributed by atoms with Gasteiger partial charge in [0.25, 0.3) is 0 Å². The van der Waals surface area contributed by atoms with Crippen molar-refractivity contribution in [2.75, 3.05) is 19.8 Å². The Balaban J connectivity index is 1.92. The van der Waals surface area contributed by atoms with Crippen molar-refractivity contribution >= 4 is 0 Å². The van der Waals surface area contributed by atoms with Gasteiger partial charge in [0.2, 0.25) is 0 Å². The van der Waals surface area contributed by atoms with Crippen molar-refractivity contribution in [3.05, 3.63) is 24.3 Å². The molecule has 18 heavy (non-hydrogen) atoms. The van der Waals surface area contributed by atoms with E-state index >= 15 is 0 Å². The number of benzene rings is 1. The van der Waals surface area contributed by atoms with Gasteiger partial charge in [-0.05, 0) is 44.4 Å². The number of ether oxygens (including phenoxy) is 2. The Morgan fingerprint density at radius 3 is 2.39 bits per heavy atom. The predicted octanol–water partition coefficient (Wildman–Crippen LogP) is 2.98. The molecule has 0 unspecified atom stereocenters. The molecule has 1 aromatic rings. The highest BCUT2D eigenvalue weighted by atomic mass is 16.5. The van der Waals surface area contributed by atoms with Crippen LogP contribution in [0.2, 0.25) is 0 Å². The number of rotatable bonds is 8. The molecule has 0 aliphatic heterocycles. The molecular weight excluding hydrogens is 226 g/mol. The van der Waals surface area contributed by atoms with Crippen molar-refractivity contribution < 1.29 is 9.47 Å². The molecule has 2 rings (SSSR count). The second-order valence-electron chi connectivity index (χ2n) is 5.12. The Morgan fingerprint density at radius 1 is 1.17 bits per heavy atom. The Morgan fingerprint density at radius 2 is 1.83 bits per heavy atom. The minimum absolute atomic E-state index is 0.340. The minimum Gasteiger partial charge on any atom is -0.490 e. The molecule has 0 heterocycles. The zero-order chi connectivity index (χ0) is 12.8. The van der Waals surface area contributed by atoms with Crippen LogP contribution in [0.4, 0.5) is 0 Å². The first-order valence-corrected chi connectivity index (χ1v) is 6.84. The fourth-order valence-electron chi connectivity index (χ4n) is 2.08. The van der Waals surface area contributed by atoms with Crippen LogP contribution in [0, 0.1) is 5.41 Å². The highest BCUT2D eigenvalue weighted by Gasteiger charge is 2.42. The Hall–Kier alpha value is -1.22. The summed E-state index contributed by atoms with van der Waals surface area (Å²) in [6, 6.07) is 7.90. The molecular formula is C15H23NO2. The standard InChI is InChI=1S/C15H23NO2/c1-2-11-17-13-5-3-4-6-14(13)18-12-15(7-8-15)9-10-16/h3-6H,2,7-12,16H2,1H3. The van der Waals surface area contributed by atoms with Gasteiger partial charge in [-0.3, -0.25) is 0 Å². The third kappa shape index (κ3) is 3.39. The van der Waals surface area contributed by atoms with Crippen LogP contribution < -0.4 is 15.2 Å². The topological polar surface area (TPSA) is 44.5 Å². The predicted molar refractivity (Wildman–Crippen MR) is 73.1 cm³/mol. The molecule has 0 saturated heterocycles. The highest BCUT2D eigenvalue weighted by molar-refractivity contribution is 5.39. The first-order valence-electron chi connectivity index (χ1n) is 6.84. The molecule has 3 heteroatoms. The maximum atomic E-state index is 5.93. The molecule has 1 aliphatic carbocycles. The summed E-state index contributed by atoms with van der Waals surface area (Å²) in [4.78, 5) is 0. The fourth-order valence-corrected chi connectivity index (χ4v) is 2.08. The summed E-state index contributed by atoms with van der Waals surface area (Å²) in [5, 5.41) is 0. The Labute approximate surface area is 109 Å². The van der Waals surface area contributed by atoms with Gasteiger partial charge >= 0.3 is 0 Å². The fraction of sp³-hybridized carbons (Fsp3) is 0.600. The molecule has 0 aromatic heterocycles. The van der Waals surface area contributed by atoms with E-state index in [0.29, 0.717) is 5.41 Å². The molecule has 3 nitrogen and oxygen atoms in total. The summed E-state index contributed by atoms with van der Waals surface area (Å²) in [6.07, 6.45) is 4.54. The lowest BCUT2D eigenvalue weighted by Gasteiger charge is -2.17. The lowest BCUT2D eigenvalue weighted by atomic mass is 10.0. The first-order chi connectivity index (χ1) is 8.79. The molecule has 1 saturated carbocycles. The zero-order valence-electron chi connectivity index (χ0n) is 11.2. The van der Waals surface area contributed by atoms with E-state index in [9.17, 15) is 0 Å². The van der Waals surface area contributed by atoms with E-state index in [1.807, 2.05) is 24.3 Å². The highest BCUT2D eigenvalue weighted by Crippen LogP contribution is 2.49. The van der Waals surface area contributed by atoms with E-state index in [0.717, 1.165) is 44.1 Å². The van der Waals surface area contributed by atoms with Crippen molar-refractivity contribution in [3.8, 4) is 11.5 Å². The van der Waals surface area contributed by atoms with Crippen LogP contribution in [0.15, 0.2) is 24.3 Å². The summed E-state index contributed by atoms with van der Waals surface area (Å²) in [5.41, 5.74) is 5.98. The average Bonchev–Trinajstić information content (AvgIpc) is 3.16. The molecule has 1 aliphatic rings. The average molecular weight is 249 g/mol. The quantitative estimate of drug-likeness (QED) is 0.770. The maximum absolute atomic E-state index is 5.93. The van der Waals surface area contributed by atoms with Crippen LogP contribution in [-0.4, -0.2) is 19.8 Å². The van der Waals surface area contributed by atoms with Gasteiger partial charge in [0.05, 0.1) is 13.2 Å². The molecule has 100 valence electrons. The molecule has 0 atom stereocenters. The van der Waals surface area contributed by atoms with Gasteiger partial charge in [-0.25, -0.2) is 0 Å². The minimum atomic E-state index is 0.340. The molecule has 0 bridgehead atoms.